The largest absolute Gasteiger partial charge is 0.388 e. The summed E-state index contributed by atoms with van der Waals surface area (Å²) >= 11 is 2.85. The zero-order valence-electron chi connectivity index (χ0n) is 12.3. The minimum Gasteiger partial charge on any atom is -0.388 e. The van der Waals surface area contributed by atoms with Gasteiger partial charge in [0.25, 0.3) is 5.56 Å². The van der Waals surface area contributed by atoms with E-state index in [1.807, 2.05) is 36.6 Å². The van der Waals surface area contributed by atoms with Gasteiger partial charge in [-0.2, -0.15) is 0 Å². The van der Waals surface area contributed by atoms with Gasteiger partial charge in [0, 0.05) is 12.8 Å². The van der Waals surface area contributed by atoms with E-state index in [0.29, 0.717) is 16.3 Å². The molecule has 1 unspecified atom stereocenters. The van der Waals surface area contributed by atoms with Crippen LogP contribution in [0.25, 0.3) is 10.2 Å². The third-order valence-electron chi connectivity index (χ3n) is 3.50. The zero-order valence-corrected chi connectivity index (χ0v) is 13.9. The lowest BCUT2D eigenvalue weighted by atomic mass is 10.1. The van der Waals surface area contributed by atoms with Crippen LogP contribution in [0.3, 0.4) is 0 Å². The lowest BCUT2D eigenvalue weighted by molar-refractivity contribution is 0.204. The molecule has 3 rings (SSSR count). The summed E-state index contributed by atoms with van der Waals surface area (Å²) in [5.41, 5.74) is 2.00. The van der Waals surface area contributed by atoms with Crippen molar-refractivity contribution in [2.24, 2.45) is 7.05 Å². The Morgan fingerprint density at radius 2 is 2.05 bits per heavy atom. The fourth-order valence-corrected chi connectivity index (χ4v) is 3.89. The molecule has 0 amide bonds. The monoisotopic (exact) mass is 332 g/mol. The second-order valence-electron chi connectivity index (χ2n) is 5.14. The van der Waals surface area contributed by atoms with Gasteiger partial charge in [0.15, 0.2) is 5.16 Å². The summed E-state index contributed by atoms with van der Waals surface area (Å²) < 4.78 is 1.54. The molecule has 1 N–H and O–H groups in total. The van der Waals surface area contributed by atoms with E-state index in [-0.39, 0.29) is 5.56 Å². The predicted octanol–water partition coefficient (Wildman–Crippen LogP) is 3.13. The first kappa shape index (κ1) is 15.3. The van der Waals surface area contributed by atoms with Crippen molar-refractivity contribution >= 4 is 33.3 Å². The van der Waals surface area contributed by atoms with E-state index in [4.69, 9.17) is 0 Å². The summed E-state index contributed by atoms with van der Waals surface area (Å²) in [5, 5.41) is 13.4. The van der Waals surface area contributed by atoms with Crippen LogP contribution in [0, 0.1) is 6.92 Å². The van der Waals surface area contributed by atoms with Crippen LogP contribution in [0.5, 0.6) is 0 Å². The first-order valence-corrected chi connectivity index (χ1v) is 8.74. The minimum absolute atomic E-state index is 0.0430. The van der Waals surface area contributed by atoms with E-state index in [1.165, 1.54) is 23.1 Å². The van der Waals surface area contributed by atoms with Crippen LogP contribution in [-0.4, -0.2) is 20.4 Å². The van der Waals surface area contributed by atoms with Crippen LogP contribution in [0.15, 0.2) is 45.7 Å². The number of aliphatic hydroxyl groups excluding tert-OH is 1. The Hall–Kier alpha value is -1.63. The molecule has 2 heterocycles. The summed E-state index contributed by atoms with van der Waals surface area (Å²) in [5.74, 6) is 0.459. The van der Waals surface area contributed by atoms with E-state index < -0.39 is 6.10 Å². The Morgan fingerprint density at radius 3 is 2.77 bits per heavy atom. The van der Waals surface area contributed by atoms with Crippen LogP contribution in [0.1, 0.15) is 17.2 Å². The number of fused-ring (bicyclic) bond motifs is 1. The van der Waals surface area contributed by atoms with Gasteiger partial charge >= 0.3 is 0 Å². The summed E-state index contributed by atoms with van der Waals surface area (Å²) in [7, 11) is 1.72. The summed E-state index contributed by atoms with van der Waals surface area (Å²) in [6.07, 6.45) is -0.582. The Balaban J connectivity index is 1.80. The number of thiophene rings is 1. The van der Waals surface area contributed by atoms with Gasteiger partial charge in [-0.25, -0.2) is 4.98 Å². The maximum absolute atomic E-state index is 12.2. The van der Waals surface area contributed by atoms with Gasteiger partial charge in [-0.3, -0.25) is 9.36 Å². The quantitative estimate of drug-likeness (QED) is 0.589. The first-order chi connectivity index (χ1) is 10.6. The van der Waals surface area contributed by atoms with Crippen molar-refractivity contribution in [3.63, 3.8) is 0 Å². The molecule has 114 valence electrons. The molecule has 4 nitrogen and oxygen atoms in total. The highest BCUT2D eigenvalue weighted by atomic mass is 32.2. The van der Waals surface area contributed by atoms with Gasteiger partial charge in [0.1, 0.15) is 4.83 Å². The van der Waals surface area contributed by atoms with Gasteiger partial charge in [0.05, 0.1) is 11.5 Å². The molecule has 0 aliphatic heterocycles. The third-order valence-corrected chi connectivity index (χ3v) is 5.41. The zero-order chi connectivity index (χ0) is 15.7. The standard InChI is InChI=1S/C16H16N2O2S2/c1-10-3-5-11(6-4-10)13(19)9-22-16-17-14-12(7-8-21-14)15(20)18(16)2/h3-8,13,19H,9H2,1-2H3. The fraction of sp³-hybridized carbons (Fsp3) is 0.250. The van der Waals surface area contributed by atoms with Crippen molar-refractivity contribution in [2.75, 3.05) is 5.75 Å². The smallest absolute Gasteiger partial charge is 0.262 e. The number of hydrogen-bond acceptors (Lipinski definition) is 5. The number of thioether (sulfide) groups is 1. The Labute approximate surface area is 136 Å². The number of rotatable bonds is 4. The van der Waals surface area contributed by atoms with E-state index in [1.54, 1.807) is 17.7 Å². The van der Waals surface area contributed by atoms with Gasteiger partial charge < -0.3 is 5.11 Å². The molecule has 22 heavy (non-hydrogen) atoms. The summed E-state index contributed by atoms with van der Waals surface area (Å²) in [6.45, 7) is 2.01. The van der Waals surface area contributed by atoms with Gasteiger partial charge in [0.2, 0.25) is 0 Å². The number of hydrogen-bond donors (Lipinski definition) is 1. The van der Waals surface area contributed by atoms with Crippen LogP contribution < -0.4 is 5.56 Å². The average molecular weight is 332 g/mol. The Kier molecular flexibility index (Phi) is 4.33. The maximum atomic E-state index is 12.2. The highest BCUT2D eigenvalue weighted by Crippen LogP contribution is 2.25. The summed E-state index contributed by atoms with van der Waals surface area (Å²) in [6, 6.07) is 9.61. The molecule has 0 spiro atoms. The van der Waals surface area contributed by atoms with Crippen molar-refractivity contribution < 1.29 is 5.11 Å². The molecular formula is C16H16N2O2S2. The molecule has 0 aliphatic carbocycles. The first-order valence-electron chi connectivity index (χ1n) is 6.88. The summed E-state index contributed by atoms with van der Waals surface area (Å²) in [4.78, 5) is 17.5. The normalized spacial score (nSPS) is 12.7. The van der Waals surface area contributed by atoms with Crippen molar-refractivity contribution in [1.29, 1.82) is 0 Å². The topological polar surface area (TPSA) is 55.1 Å². The number of benzene rings is 1. The van der Waals surface area contributed by atoms with Crippen molar-refractivity contribution in [3.05, 3.63) is 57.2 Å². The van der Waals surface area contributed by atoms with Gasteiger partial charge in [-0.15, -0.1) is 11.3 Å². The molecule has 2 aromatic heterocycles. The van der Waals surface area contributed by atoms with Gasteiger partial charge in [-0.05, 0) is 23.9 Å². The fourth-order valence-electron chi connectivity index (χ4n) is 2.15. The van der Waals surface area contributed by atoms with Gasteiger partial charge in [-0.1, -0.05) is 41.6 Å². The molecule has 1 aromatic carbocycles. The third kappa shape index (κ3) is 2.95. The predicted molar refractivity (Wildman–Crippen MR) is 91.7 cm³/mol. The number of aromatic nitrogens is 2. The lowest BCUT2D eigenvalue weighted by Crippen LogP contribution is -2.19. The van der Waals surface area contributed by atoms with E-state index in [0.717, 1.165) is 16.0 Å². The lowest BCUT2D eigenvalue weighted by Gasteiger charge is -2.12. The van der Waals surface area contributed by atoms with Crippen molar-refractivity contribution in [3.8, 4) is 0 Å². The molecule has 0 saturated heterocycles. The maximum Gasteiger partial charge on any atom is 0.262 e. The van der Waals surface area contributed by atoms with E-state index in [2.05, 4.69) is 4.98 Å². The van der Waals surface area contributed by atoms with E-state index >= 15 is 0 Å². The highest BCUT2D eigenvalue weighted by molar-refractivity contribution is 7.99. The number of aryl methyl sites for hydroxylation is 1. The molecule has 0 aliphatic rings. The molecule has 0 saturated carbocycles. The Bertz CT molecular complexity index is 853. The molecule has 1 atom stereocenters. The van der Waals surface area contributed by atoms with Crippen molar-refractivity contribution in [1.82, 2.24) is 9.55 Å². The second kappa shape index (κ2) is 6.24. The molecule has 0 radical (unpaired) electrons. The molecule has 0 fully saturated rings. The Morgan fingerprint density at radius 1 is 1.32 bits per heavy atom. The van der Waals surface area contributed by atoms with E-state index in [9.17, 15) is 9.90 Å². The SMILES string of the molecule is Cc1ccc(C(O)CSc2nc3sccc3c(=O)n2C)cc1. The minimum atomic E-state index is -0.582. The second-order valence-corrected chi connectivity index (χ2v) is 7.02. The number of nitrogens with zero attached hydrogens (tertiary/aromatic N) is 2. The molecule has 6 heteroatoms. The molecular weight excluding hydrogens is 316 g/mol. The molecule has 0 bridgehead atoms. The van der Waals surface area contributed by atoms with Crippen LogP contribution in [0.4, 0.5) is 0 Å². The average Bonchev–Trinajstić information content (AvgIpc) is 2.98. The molecule has 3 aromatic rings. The number of aliphatic hydroxyl groups is 1. The van der Waals surface area contributed by atoms with Crippen molar-refractivity contribution in [2.45, 2.75) is 18.2 Å². The highest BCUT2D eigenvalue weighted by Gasteiger charge is 2.13. The van der Waals surface area contributed by atoms with Crippen LogP contribution in [0.2, 0.25) is 0 Å². The van der Waals surface area contributed by atoms with Crippen LogP contribution in [-0.2, 0) is 7.05 Å². The van der Waals surface area contributed by atoms with Crippen LogP contribution >= 0.6 is 23.1 Å².